The number of hydrogen-bond acceptors (Lipinski definition) is 1. The molecule has 0 unspecified atom stereocenters. The van der Waals surface area contributed by atoms with Crippen molar-refractivity contribution < 1.29 is 5.11 Å². The van der Waals surface area contributed by atoms with Crippen LogP contribution in [0.25, 0.3) is 6.08 Å². The van der Waals surface area contributed by atoms with Crippen molar-refractivity contribution in [2.45, 2.75) is 6.61 Å². The standard InChI is InChI=1S/C11H12O/c1-2-3-4-10-5-7-11(9-12)8-6-10/h2-8,12H,1,9H2/b4-3+. The van der Waals surface area contributed by atoms with Crippen molar-refractivity contribution >= 4 is 6.08 Å². The first-order valence-electron chi connectivity index (χ1n) is 3.85. The van der Waals surface area contributed by atoms with Gasteiger partial charge in [-0.25, -0.2) is 0 Å². The molecule has 0 radical (unpaired) electrons. The van der Waals surface area contributed by atoms with Crippen LogP contribution in [-0.4, -0.2) is 5.11 Å². The number of benzene rings is 1. The van der Waals surface area contributed by atoms with Crippen molar-refractivity contribution in [3.63, 3.8) is 0 Å². The highest BCUT2D eigenvalue weighted by Gasteiger charge is 1.88. The van der Waals surface area contributed by atoms with Gasteiger partial charge >= 0.3 is 0 Å². The van der Waals surface area contributed by atoms with E-state index in [0.717, 1.165) is 11.1 Å². The summed E-state index contributed by atoms with van der Waals surface area (Å²) in [5.41, 5.74) is 2.05. The van der Waals surface area contributed by atoms with Gasteiger partial charge in [0.05, 0.1) is 6.61 Å². The molecule has 0 amide bonds. The van der Waals surface area contributed by atoms with Gasteiger partial charge < -0.3 is 5.11 Å². The normalized spacial score (nSPS) is 10.4. The van der Waals surface area contributed by atoms with Crippen molar-refractivity contribution in [1.82, 2.24) is 0 Å². The maximum Gasteiger partial charge on any atom is 0.0681 e. The Hall–Kier alpha value is -1.34. The Morgan fingerprint density at radius 1 is 1.25 bits per heavy atom. The fraction of sp³-hybridized carbons (Fsp3) is 0.0909. The van der Waals surface area contributed by atoms with Crippen molar-refractivity contribution in [1.29, 1.82) is 0 Å². The number of rotatable bonds is 3. The molecule has 0 spiro atoms. The monoisotopic (exact) mass is 160 g/mol. The molecule has 1 rings (SSSR count). The van der Waals surface area contributed by atoms with E-state index in [9.17, 15) is 0 Å². The fourth-order valence-corrected chi connectivity index (χ4v) is 0.913. The van der Waals surface area contributed by atoms with E-state index in [1.807, 2.05) is 36.4 Å². The van der Waals surface area contributed by atoms with Crippen LogP contribution in [0, 0.1) is 0 Å². The largest absolute Gasteiger partial charge is 0.392 e. The average molecular weight is 160 g/mol. The molecule has 0 aliphatic carbocycles. The molecule has 0 fully saturated rings. The van der Waals surface area contributed by atoms with Crippen molar-refractivity contribution in [2.75, 3.05) is 0 Å². The van der Waals surface area contributed by atoms with E-state index in [1.54, 1.807) is 6.08 Å². The van der Waals surface area contributed by atoms with E-state index < -0.39 is 0 Å². The van der Waals surface area contributed by atoms with Crippen molar-refractivity contribution in [3.05, 3.63) is 54.1 Å². The topological polar surface area (TPSA) is 20.2 Å². The molecule has 1 heteroatoms. The van der Waals surface area contributed by atoms with Gasteiger partial charge in [-0.1, -0.05) is 49.1 Å². The Balaban J connectivity index is 2.77. The summed E-state index contributed by atoms with van der Waals surface area (Å²) in [5.74, 6) is 0. The van der Waals surface area contributed by atoms with Gasteiger partial charge in [0.25, 0.3) is 0 Å². The molecule has 1 aromatic carbocycles. The fourth-order valence-electron chi connectivity index (χ4n) is 0.913. The number of allylic oxidation sites excluding steroid dienone is 2. The summed E-state index contributed by atoms with van der Waals surface area (Å²) in [7, 11) is 0. The molecular formula is C11H12O. The summed E-state index contributed by atoms with van der Waals surface area (Å²) in [6, 6.07) is 7.74. The zero-order valence-electron chi connectivity index (χ0n) is 6.90. The first-order valence-corrected chi connectivity index (χ1v) is 3.85. The summed E-state index contributed by atoms with van der Waals surface area (Å²) < 4.78 is 0. The molecule has 1 N–H and O–H groups in total. The summed E-state index contributed by atoms with van der Waals surface area (Å²) >= 11 is 0. The number of hydrogen-bond donors (Lipinski definition) is 1. The average Bonchev–Trinajstić information content (AvgIpc) is 2.15. The minimum absolute atomic E-state index is 0.103. The van der Waals surface area contributed by atoms with E-state index in [4.69, 9.17) is 5.11 Å². The second-order valence-electron chi connectivity index (χ2n) is 2.49. The molecule has 0 saturated carbocycles. The predicted molar refractivity (Wildman–Crippen MR) is 51.6 cm³/mol. The maximum absolute atomic E-state index is 8.77. The van der Waals surface area contributed by atoms with Gasteiger partial charge in [-0.2, -0.15) is 0 Å². The third-order valence-electron chi connectivity index (χ3n) is 1.59. The minimum atomic E-state index is 0.103. The van der Waals surface area contributed by atoms with Gasteiger partial charge in [0, 0.05) is 0 Å². The van der Waals surface area contributed by atoms with Gasteiger partial charge in [0.15, 0.2) is 0 Å². The lowest BCUT2D eigenvalue weighted by molar-refractivity contribution is 0.282. The van der Waals surface area contributed by atoms with E-state index in [-0.39, 0.29) is 6.61 Å². The van der Waals surface area contributed by atoms with Crippen LogP contribution in [0.1, 0.15) is 11.1 Å². The Labute approximate surface area is 72.7 Å². The lowest BCUT2D eigenvalue weighted by atomic mass is 10.1. The quantitative estimate of drug-likeness (QED) is 0.673. The van der Waals surface area contributed by atoms with E-state index in [2.05, 4.69) is 6.58 Å². The molecule has 1 nitrogen and oxygen atoms in total. The van der Waals surface area contributed by atoms with Gasteiger partial charge in [-0.3, -0.25) is 0 Å². The molecule has 0 aromatic heterocycles. The number of aliphatic hydroxyl groups excluding tert-OH is 1. The second kappa shape index (κ2) is 4.52. The molecule has 0 saturated heterocycles. The lowest BCUT2D eigenvalue weighted by Gasteiger charge is -1.95. The molecular weight excluding hydrogens is 148 g/mol. The van der Waals surface area contributed by atoms with Crippen LogP contribution >= 0.6 is 0 Å². The van der Waals surface area contributed by atoms with Gasteiger partial charge in [-0.05, 0) is 11.1 Å². The molecule has 0 heterocycles. The molecule has 1 aromatic rings. The third kappa shape index (κ3) is 2.36. The molecule has 0 atom stereocenters. The highest BCUT2D eigenvalue weighted by Crippen LogP contribution is 2.05. The van der Waals surface area contributed by atoms with Crippen LogP contribution in [0.2, 0.25) is 0 Å². The Morgan fingerprint density at radius 2 is 1.92 bits per heavy atom. The maximum atomic E-state index is 8.77. The van der Waals surface area contributed by atoms with Crippen LogP contribution in [0.15, 0.2) is 43.0 Å². The first-order chi connectivity index (χ1) is 5.86. The zero-order chi connectivity index (χ0) is 8.81. The molecule has 12 heavy (non-hydrogen) atoms. The SMILES string of the molecule is C=C/C=C/c1ccc(CO)cc1. The Morgan fingerprint density at radius 3 is 2.42 bits per heavy atom. The van der Waals surface area contributed by atoms with Crippen LogP contribution in [-0.2, 0) is 6.61 Å². The van der Waals surface area contributed by atoms with Crippen LogP contribution in [0.3, 0.4) is 0 Å². The van der Waals surface area contributed by atoms with E-state index in [1.165, 1.54) is 0 Å². The Kier molecular flexibility index (Phi) is 3.30. The number of aliphatic hydroxyl groups is 1. The zero-order valence-corrected chi connectivity index (χ0v) is 6.90. The lowest BCUT2D eigenvalue weighted by Crippen LogP contribution is -1.81. The van der Waals surface area contributed by atoms with Gasteiger partial charge in [0.2, 0.25) is 0 Å². The van der Waals surface area contributed by atoms with Crippen molar-refractivity contribution in [2.24, 2.45) is 0 Å². The molecule has 0 aliphatic heterocycles. The van der Waals surface area contributed by atoms with E-state index >= 15 is 0 Å². The smallest absolute Gasteiger partial charge is 0.0681 e. The summed E-state index contributed by atoms with van der Waals surface area (Å²) in [5, 5.41) is 8.77. The second-order valence-corrected chi connectivity index (χ2v) is 2.49. The summed E-state index contributed by atoms with van der Waals surface area (Å²) in [6.45, 7) is 3.69. The third-order valence-corrected chi connectivity index (χ3v) is 1.59. The van der Waals surface area contributed by atoms with Crippen LogP contribution in [0.5, 0.6) is 0 Å². The summed E-state index contributed by atoms with van der Waals surface area (Å²) in [4.78, 5) is 0. The molecule has 62 valence electrons. The van der Waals surface area contributed by atoms with Gasteiger partial charge in [0.1, 0.15) is 0 Å². The predicted octanol–water partition coefficient (Wildman–Crippen LogP) is 2.38. The van der Waals surface area contributed by atoms with Crippen molar-refractivity contribution in [3.8, 4) is 0 Å². The Bertz CT molecular complexity index is 270. The molecule has 0 bridgehead atoms. The summed E-state index contributed by atoms with van der Waals surface area (Å²) in [6.07, 6.45) is 5.59. The van der Waals surface area contributed by atoms with Crippen LogP contribution in [0.4, 0.5) is 0 Å². The van der Waals surface area contributed by atoms with Crippen LogP contribution < -0.4 is 0 Å². The highest BCUT2D eigenvalue weighted by atomic mass is 16.3. The molecule has 0 aliphatic rings. The highest BCUT2D eigenvalue weighted by molar-refractivity contribution is 5.51. The first kappa shape index (κ1) is 8.75. The minimum Gasteiger partial charge on any atom is -0.392 e. The van der Waals surface area contributed by atoms with Gasteiger partial charge in [-0.15, -0.1) is 0 Å². The van der Waals surface area contributed by atoms with E-state index in [0.29, 0.717) is 0 Å².